The van der Waals surface area contributed by atoms with Crippen LogP contribution < -0.4 is 0 Å². The van der Waals surface area contributed by atoms with Crippen molar-refractivity contribution < 1.29 is 17.0 Å². The maximum atomic E-state index is 12.8. The molecule has 0 aliphatic heterocycles. The number of halogens is 1. The summed E-state index contributed by atoms with van der Waals surface area (Å²) in [6.07, 6.45) is 1.46. The maximum absolute atomic E-state index is 12.8. The second kappa shape index (κ2) is 4.89. The summed E-state index contributed by atoms with van der Waals surface area (Å²) < 4.78 is 32.8. The van der Waals surface area contributed by atoms with Crippen LogP contribution in [0.25, 0.3) is 0 Å². The van der Waals surface area contributed by atoms with E-state index in [0.29, 0.717) is 12.8 Å². The van der Waals surface area contributed by atoms with Crippen LogP contribution in [0.3, 0.4) is 0 Å². The number of hydrogen-bond donors (Lipinski definition) is 0. The van der Waals surface area contributed by atoms with Crippen molar-refractivity contribution >= 4 is 11.4 Å². The van der Waals surface area contributed by atoms with E-state index >= 15 is 0 Å². The molecular weight excluding hydrogens is 183 g/mol. The minimum Gasteiger partial charge on any atom is -0.272 e. The van der Waals surface area contributed by atoms with Gasteiger partial charge in [0.05, 0.1) is 13.2 Å². The molecule has 3 unspecified atom stereocenters. The summed E-state index contributed by atoms with van der Waals surface area (Å²) in [6.45, 7) is 0. The molecule has 1 fully saturated rings. The fourth-order valence-electron chi connectivity index (χ4n) is 1.33. The average molecular weight is 196 g/mol. The van der Waals surface area contributed by atoms with Crippen molar-refractivity contribution in [2.45, 2.75) is 38.0 Å². The van der Waals surface area contributed by atoms with Gasteiger partial charge in [-0.3, -0.25) is 8.37 Å². The molecule has 0 amide bonds. The molecule has 1 aliphatic rings. The van der Waals surface area contributed by atoms with Gasteiger partial charge in [-0.15, -0.1) is 0 Å². The first kappa shape index (κ1) is 10.1. The summed E-state index contributed by atoms with van der Waals surface area (Å²) in [5.74, 6) is 0. The van der Waals surface area contributed by atoms with E-state index < -0.39 is 17.5 Å². The summed E-state index contributed by atoms with van der Waals surface area (Å²) in [7, 11) is 1.30. The number of alkyl halides is 1. The Morgan fingerprint density at radius 2 is 2.25 bits per heavy atom. The molecule has 0 aromatic heterocycles. The second-order valence-corrected chi connectivity index (χ2v) is 3.79. The summed E-state index contributed by atoms with van der Waals surface area (Å²) in [6, 6.07) is 0. The van der Waals surface area contributed by atoms with Crippen molar-refractivity contribution in [1.29, 1.82) is 0 Å². The molecule has 0 saturated heterocycles. The fourth-order valence-corrected chi connectivity index (χ4v) is 1.80. The van der Waals surface area contributed by atoms with Crippen LogP contribution in [0, 0.1) is 0 Å². The summed E-state index contributed by atoms with van der Waals surface area (Å²) in [5, 5.41) is 0. The predicted octanol–water partition coefficient (Wildman–Crippen LogP) is 1.51. The first-order valence-corrected chi connectivity index (χ1v) is 5.00. The van der Waals surface area contributed by atoms with Crippen molar-refractivity contribution in [3.05, 3.63) is 0 Å². The molecule has 0 N–H and O–H groups in total. The van der Waals surface area contributed by atoms with E-state index in [-0.39, 0.29) is 6.10 Å². The molecule has 12 heavy (non-hydrogen) atoms. The van der Waals surface area contributed by atoms with Gasteiger partial charge in [0.1, 0.15) is 6.17 Å². The van der Waals surface area contributed by atoms with E-state index in [1.54, 1.807) is 0 Å². The standard InChI is InChI=1S/C7H13FO3S/c1-10-12(9)11-7-4-2-3-6(8)5-7/h6-7H,2-5H2,1H3. The normalized spacial score (nSPS) is 33.2. The lowest BCUT2D eigenvalue weighted by molar-refractivity contribution is 0.103. The van der Waals surface area contributed by atoms with Crippen molar-refractivity contribution in [3.8, 4) is 0 Å². The molecule has 0 heterocycles. The van der Waals surface area contributed by atoms with Gasteiger partial charge in [-0.05, 0) is 19.3 Å². The summed E-state index contributed by atoms with van der Waals surface area (Å²) in [4.78, 5) is 0. The largest absolute Gasteiger partial charge is 0.304 e. The van der Waals surface area contributed by atoms with Crippen LogP contribution in [0.4, 0.5) is 4.39 Å². The molecule has 72 valence electrons. The third-order valence-electron chi connectivity index (χ3n) is 1.91. The predicted molar refractivity (Wildman–Crippen MR) is 43.4 cm³/mol. The Kier molecular flexibility index (Phi) is 4.11. The SMILES string of the molecule is COS(=O)OC1CCCC(F)C1. The van der Waals surface area contributed by atoms with E-state index in [1.165, 1.54) is 7.11 Å². The zero-order valence-corrected chi connectivity index (χ0v) is 7.81. The molecular formula is C7H13FO3S. The van der Waals surface area contributed by atoms with Crippen LogP contribution in [0.15, 0.2) is 0 Å². The molecule has 1 rings (SSSR count). The molecule has 5 heteroatoms. The highest BCUT2D eigenvalue weighted by Crippen LogP contribution is 2.23. The van der Waals surface area contributed by atoms with E-state index in [0.717, 1.165) is 12.8 Å². The topological polar surface area (TPSA) is 35.5 Å². The average Bonchev–Trinajstić information content (AvgIpc) is 2.04. The Labute approximate surface area is 74.1 Å². The van der Waals surface area contributed by atoms with Crippen LogP contribution in [0.1, 0.15) is 25.7 Å². The van der Waals surface area contributed by atoms with Gasteiger partial charge in [-0.2, -0.15) is 4.21 Å². The van der Waals surface area contributed by atoms with Crippen LogP contribution in [0.2, 0.25) is 0 Å². The third kappa shape index (κ3) is 3.16. The Morgan fingerprint density at radius 3 is 2.83 bits per heavy atom. The minimum atomic E-state index is -1.71. The molecule has 0 aromatic rings. The molecule has 0 radical (unpaired) electrons. The zero-order chi connectivity index (χ0) is 8.97. The van der Waals surface area contributed by atoms with Crippen LogP contribution in [-0.2, 0) is 19.7 Å². The molecule has 3 nitrogen and oxygen atoms in total. The smallest absolute Gasteiger partial charge is 0.272 e. The van der Waals surface area contributed by atoms with Crippen molar-refractivity contribution in [1.82, 2.24) is 0 Å². The third-order valence-corrected chi connectivity index (χ3v) is 2.61. The second-order valence-electron chi connectivity index (χ2n) is 2.85. The van der Waals surface area contributed by atoms with E-state index in [2.05, 4.69) is 4.18 Å². The fraction of sp³-hybridized carbons (Fsp3) is 1.00. The molecule has 0 bridgehead atoms. The van der Waals surface area contributed by atoms with E-state index in [9.17, 15) is 8.60 Å². The molecule has 1 aliphatic carbocycles. The monoisotopic (exact) mass is 196 g/mol. The maximum Gasteiger partial charge on any atom is 0.304 e. The van der Waals surface area contributed by atoms with Gasteiger partial charge >= 0.3 is 11.4 Å². The first-order chi connectivity index (χ1) is 5.72. The van der Waals surface area contributed by atoms with Crippen LogP contribution >= 0.6 is 0 Å². The Hall–Kier alpha value is -0.0000000000000000278. The van der Waals surface area contributed by atoms with E-state index in [4.69, 9.17) is 4.18 Å². The van der Waals surface area contributed by atoms with Gasteiger partial charge in [-0.1, -0.05) is 0 Å². The Bertz CT molecular complexity index is 165. The van der Waals surface area contributed by atoms with Gasteiger partial charge in [0.15, 0.2) is 0 Å². The highest BCUT2D eigenvalue weighted by Gasteiger charge is 2.23. The lowest BCUT2D eigenvalue weighted by Gasteiger charge is -2.22. The summed E-state index contributed by atoms with van der Waals surface area (Å²) in [5.41, 5.74) is 0. The zero-order valence-electron chi connectivity index (χ0n) is 6.99. The highest BCUT2D eigenvalue weighted by molar-refractivity contribution is 7.75. The van der Waals surface area contributed by atoms with Gasteiger partial charge in [0, 0.05) is 6.42 Å². The van der Waals surface area contributed by atoms with Crippen molar-refractivity contribution in [3.63, 3.8) is 0 Å². The van der Waals surface area contributed by atoms with Crippen LogP contribution in [0.5, 0.6) is 0 Å². The number of rotatable bonds is 3. The molecule has 0 spiro atoms. The van der Waals surface area contributed by atoms with Crippen molar-refractivity contribution in [2.24, 2.45) is 0 Å². The Balaban J connectivity index is 2.27. The summed E-state index contributed by atoms with van der Waals surface area (Å²) >= 11 is -1.71. The lowest BCUT2D eigenvalue weighted by atomic mass is 9.96. The lowest BCUT2D eigenvalue weighted by Crippen LogP contribution is -2.24. The van der Waals surface area contributed by atoms with Gasteiger partial charge < -0.3 is 0 Å². The van der Waals surface area contributed by atoms with E-state index in [1.807, 2.05) is 0 Å². The van der Waals surface area contributed by atoms with Gasteiger partial charge in [0.2, 0.25) is 0 Å². The first-order valence-electron chi connectivity index (χ1n) is 4.00. The highest BCUT2D eigenvalue weighted by atomic mass is 32.2. The molecule has 1 saturated carbocycles. The van der Waals surface area contributed by atoms with Gasteiger partial charge in [0.25, 0.3) is 0 Å². The van der Waals surface area contributed by atoms with Crippen LogP contribution in [-0.4, -0.2) is 23.6 Å². The minimum absolute atomic E-state index is 0.241. The molecule has 3 atom stereocenters. The quantitative estimate of drug-likeness (QED) is 0.686. The van der Waals surface area contributed by atoms with Crippen molar-refractivity contribution in [2.75, 3.05) is 7.11 Å². The van der Waals surface area contributed by atoms with Gasteiger partial charge in [-0.25, -0.2) is 4.39 Å². The molecule has 0 aromatic carbocycles. The number of hydrogen-bond acceptors (Lipinski definition) is 3. The Morgan fingerprint density at radius 1 is 1.50 bits per heavy atom.